The highest BCUT2D eigenvalue weighted by Gasteiger charge is 2.19. The van der Waals surface area contributed by atoms with Crippen molar-refractivity contribution in [1.82, 2.24) is 19.7 Å². The van der Waals surface area contributed by atoms with Crippen molar-refractivity contribution in [3.63, 3.8) is 0 Å². The molecule has 2 heterocycles. The van der Waals surface area contributed by atoms with Crippen molar-refractivity contribution in [2.24, 2.45) is 0 Å². The van der Waals surface area contributed by atoms with Crippen LogP contribution < -0.4 is 5.32 Å². The lowest BCUT2D eigenvalue weighted by Gasteiger charge is -2.07. The summed E-state index contributed by atoms with van der Waals surface area (Å²) in [5, 5.41) is 7.40. The van der Waals surface area contributed by atoms with Crippen molar-refractivity contribution in [3.8, 4) is 5.69 Å². The molecule has 6 nitrogen and oxygen atoms in total. The molecular weight excluding hydrogens is 326 g/mol. The smallest absolute Gasteiger partial charge is 0.276 e. The third-order valence-electron chi connectivity index (χ3n) is 4.09. The van der Waals surface area contributed by atoms with E-state index in [0.29, 0.717) is 22.6 Å². The summed E-state index contributed by atoms with van der Waals surface area (Å²) < 4.78 is 1.75. The molecule has 0 aliphatic carbocycles. The predicted octanol–water partition coefficient (Wildman–Crippen LogP) is 3.68. The third-order valence-corrected chi connectivity index (χ3v) is 4.09. The molecule has 6 heteroatoms. The number of benzene rings is 2. The summed E-state index contributed by atoms with van der Waals surface area (Å²) in [7, 11) is 0. The molecule has 0 atom stereocenters. The van der Waals surface area contributed by atoms with Gasteiger partial charge in [0, 0.05) is 5.69 Å². The maximum atomic E-state index is 12.6. The number of carbonyl (C=O) groups excluding carboxylic acids is 1. The fraction of sp³-hybridized carbons (Fsp3) is 0.100. The van der Waals surface area contributed by atoms with Gasteiger partial charge in [-0.1, -0.05) is 36.4 Å². The summed E-state index contributed by atoms with van der Waals surface area (Å²) in [5.41, 5.74) is 4.47. The van der Waals surface area contributed by atoms with Gasteiger partial charge < -0.3 is 5.32 Å². The molecule has 128 valence electrons. The molecule has 0 spiro atoms. The summed E-state index contributed by atoms with van der Waals surface area (Å²) >= 11 is 0. The summed E-state index contributed by atoms with van der Waals surface area (Å²) in [6.45, 7) is 3.65. The number of fused-ring (bicyclic) bond motifs is 1. The van der Waals surface area contributed by atoms with Crippen molar-refractivity contribution in [3.05, 3.63) is 77.7 Å². The minimum Gasteiger partial charge on any atom is -0.321 e. The maximum Gasteiger partial charge on any atom is 0.276 e. The van der Waals surface area contributed by atoms with Gasteiger partial charge in [0.1, 0.15) is 5.52 Å². The Bertz CT molecular complexity index is 1090. The van der Waals surface area contributed by atoms with Crippen LogP contribution in [0.1, 0.15) is 21.9 Å². The Morgan fingerprint density at radius 1 is 0.885 bits per heavy atom. The van der Waals surface area contributed by atoms with Gasteiger partial charge in [-0.3, -0.25) is 4.79 Å². The zero-order chi connectivity index (χ0) is 18.1. The Hall–Kier alpha value is -3.54. The molecule has 0 saturated carbocycles. The number of amides is 1. The largest absolute Gasteiger partial charge is 0.321 e. The first kappa shape index (κ1) is 16.0. The van der Waals surface area contributed by atoms with Crippen molar-refractivity contribution in [1.29, 1.82) is 0 Å². The zero-order valence-corrected chi connectivity index (χ0v) is 14.5. The maximum absolute atomic E-state index is 12.6. The molecule has 2 aromatic heterocycles. The van der Waals surface area contributed by atoms with Gasteiger partial charge >= 0.3 is 0 Å². The van der Waals surface area contributed by atoms with Crippen LogP contribution in [0.15, 0.2) is 60.7 Å². The Labute approximate surface area is 150 Å². The number of nitrogens with zero attached hydrogens (tertiary/aromatic N) is 4. The van der Waals surface area contributed by atoms with Crippen molar-refractivity contribution >= 4 is 22.8 Å². The first-order valence-electron chi connectivity index (χ1n) is 8.29. The highest BCUT2D eigenvalue weighted by atomic mass is 16.1. The van der Waals surface area contributed by atoms with Crippen LogP contribution in [0.3, 0.4) is 0 Å². The van der Waals surface area contributed by atoms with E-state index in [1.54, 1.807) is 11.6 Å². The van der Waals surface area contributed by atoms with Gasteiger partial charge in [-0.25, -0.2) is 14.6 Å². The summed E-state index contributed by atoms with van der Waals surface area (Å²) in [4.78, 5) is 21.8. The first-order chi connectivity index (χ1) is 12.6. The molecule has 1 N–H and O–H groups in total. The Kier molecular flexibility index (Phi) is 3.93. The fourth-order valence-corrected chi connectivity index (χ4v) is 2.82. The van der Waals surface area contributed by atoms with E-state index in [1.165, 1.54) is 0 Å². The van der Waals surface area contributed by atoms with Gasteiger partial charge in [-0.2, -0.15) is 5.10 Å². The molecule has 2 aromatic carbocycles. The lowest BCUT2D eigenvalue weighted by atomic mass is 10.2. The third kappa shape index (κ3) is 2.82. The quantitative estimate of drug-likeness (QED) is 0.616. The lowest BCUT2D eigenvalue weighted by Crippen LogP contribution is -2.16. The minimum atomic E-state index is -0.282. The van der Waals surface area contributed by atoms with Gasteiger partial charge in [0.25, 0.3) is 5.91 Å². The number of anilines is 1. The van der Waals surface area contributed by atoms with Crippen molar-refractivity contribution in [2.45, 2.75) is 13.8 Å². The standard InChI is InChI=1S/C20H17N5O/c1-13-18(20(26)22-15-9-5-3-6-10-15)23-17-14(2)24-25(19(17)21-13)16-11-7-4-8-12-16/h3-12H,1-2H3,(H,22,26). The number of aromatic nitrogens is 4. The fourth-order valence-electron chi connectivity index (χ4n) is 2.82. The second-order valence-corrected chi connectivity index (χ2v) is 5.98. The van der Waals surface area contributed by atoms with Gasteiger partial charge in [0.15, 0.2) is 11.3 Å². The van der Waals surface area contributed by atoms with E-state index >= 15 is 0 Å². The number of nitrogens with one attached hydrogen (secondary N) is 1. The van der Waals surface area contributed by atoms with E-state index < -0.39 is 0 Å². The topological polar surface area (TPSA) is 72.7 Å². The number of carbonyl (C=O) groups is 1. The predicted molar refractivity (Wildman–Crippen MR) is 101 cm³/mol. The Morgan fingerprint density at radius 2 is 1.54 bits per heavy atom. The summed E-state index contributed by atoms with van der Waals surface area (Å²) in [6.07, 6.45) is 0. The average molecular weight is 343 g/mol. The SMILES string of the molecule is Cc1nc2c(nc1C(=O)Nc1ccccc1)c(C)nn2-c1ccccc1. The van der Waals surface area contributed by atoms with Crippen LogP contribution in [0.2, 0.25) is 0 Å². The van der Waals surface area contributed by atoms with Crippen LogP contribution >= 0.6 is 0 Å². The molecular formula is C20H17N5O. The highest BCUT2D eigenvalue weighted by molar-refractivity contribution is 6.04. The van der Waals surface area contributed by atoms with Crippen LogP contribution in [-0.2, 0) is 0 Å². The molecule has 0 bridgehead atoms. The molecule has 1 amide bonds. The first-order valence-corrected chi connectivity index (χ1v) is 8.29. The molecule has 0 radical (unpaired) electrons. The number of para-hydroxylation sites is 2. The molecule has 0 fully saturated rings. The van der Waals surface area contributed by atoms with Crippen LogP contribution in [0, 0.1) is 13.8 Å². The second kappa shape index (κ2) is 6.40. The Balaban J connectivity index is 1.78. The van der Waals surface area contributed by atoms with Gasteiger partial charge in [0.05, 0.1) is 17.1 Å². The minimum absolute atomic E-state index is 0.282. The highest BCUT2D eigenvalue weighted by Crippen LogP contribution is 2.20. The number of hydrogen-bond acceptors (Lipinski definition) is 4. The van der Waals surface area contributed by atoms with Gasteiger partial charge in [-0.05, 0) is 38.1 Å². The zero-order valence-electron chi connectivity index (χ0n) is 14.5. The number of rotatable bonds is 3. The van der Waals surface area contributed by atoms with E-state index in [2.05, 4.69) is 20.4 Å². The molecule has 0 saturated heterocycles. The normalized spacial score (nSPS) is 10.8. The van der Waals surface area contributed by atoms with Gasteiger partial charge in [0.2, 0.25) is 0 Å². The average Bonchev–Trinajstić information content (AvgIpc) is 2.98. The monoisotopic (exact) mass is 343 g/mol. The van der Waals surface area contributed by atoms with E-state index in [0.717, 1.165) is 17.1 Å². The molecule has 4 rings (SSSR count). The summed E-state index contributed by atoms with van der Waals surface area (Å²) in [5.74, 6) is -0.282. The second-order valence-electron chi connectivity index (χ2n) is 5.98. The van der Waals surface area contributed by atoms with Crippen LogP contribution in [0.25, 0.3) is 16.9 Å². The van der Waals surface area contributed by atoms with E-state index in [-0.39, 0.29) is 5.91 Å². The molecule has 0 unspecified atom stereocenters. The molecule has 26 heavy (non-hydrogen) atoms. The van der Waals surface area contributed by atoms with Crippen LogP contribution in [0.5, 0.6) is 0 Å². The molecule has 0 aliphatic heterocycles. The van der Waals surface area contributed by atoms with Crippen LogP contribution in [-0.4, -0.2) is 25.7 Å². The van der Waals surface area contributed by atoms with E-state index in [4.69, 9.17) is 0 Å². The number of hydrogen-bond donors (Lipinski definition) is 1. The van der Waals surface area contributed by atoms with E-state index in [9.17, 15) is 4.79 Å². The van der Waals surface area contributed by atoms with Crippen molar-refractivity contribution in [2.75, 3.05) is 5.32 Å². The molecule has 0 aliphatic rings. The van der Waals surface area contributed by atoms with Crippen molar-refractivity contribution < 1.29 is 4.79 Å². The number of aryl methyl sites for hydroxylation is 2. The Morgan fingerprint density at radius 3 is 2.23 bits per heavy atom. The van der Waals surface area contributed by atoms with Gasteiger partial charge in [-0.15, -0.1) is 0 Å². The van der Waals surface area contributed by atoms with Crippen LogP contribution in [0.4, 0.5) is 5.69 Å². The molecule has 4 aromatic rings. The van der Waals surface area contributed by atoms with E-state index in [1.807, 2.05) is 67.6 Å². The lowest BCUT2D eigenvalue weighted by molar-refractivity contribution is 0.102. The summed E-state index contributed by atoms with van der Waals surface area (Å²) in [6, 6.07) is 19.0.